The van der Waals surface area contributed by atoms with Gasteiger partial charge < -0.3 is 0 Å². The van der Waals surface area contributed by atoms with Gasteiger partial charge in [-0.05, 0) is 18.9 Å². The lowest BCUT2D eigenvalue weighted by Gasteiger charge is -2.18. The summed E-state index contributed by atoms with van der Waals surface area (Å²) in [6, 6.07) is 9.21. The summed E-state index contributed by atoms with van der Waals surface area (Å²) < 4.78 is 1.23. The number of hydrogen-bond donors (Lipinski definition) is 1. The molecule has 19 heavy (non-hydrogen) atoms. The third kappa shape index (κ3) is 2.49. The molecule has 0 saturated heterocycles. The first kappa shape index (κ1) is 13.6. The fourth-order valence-electron chi connectivity index (χ4n) is 2.14. The lowest BCUT2D eigenvalue weighted by molar-refractivity contribution is 0.518. The van der Waals surface area contributed by atoms with Gasteiger partial charge in [-0.2, -0.15) is 0 Å². The van der Waals surface area contributed by atoms with Gasteiger partial charge in [-0.3, -0.25) is 14.3 Å². The van der Waals surface area contributed by atoms with Crippen molar-refractivity contribution in [3.05, 3.63) is 67.4 Å². The molecular weight excluding hydrogens is 264 g/mol. The van der Waals surface area contributed by atoms with Gasteiger partial charge in [0, 0.05) is 5.56 Å². The van der Waals surface area contributed by atoms with Gasteiger partial charge in [-0.15, -0.1) is 0 Å². The van der Waals surface area contributed by atoms with Gasteiger partial charge in [0.25, 0.3) is 5.56 Å². The Kier molecular flexibility index (Phi) is 3.90. The Morgan fingerprint density at radius 2 is 1.89 bits per heavy atom. The Morgan fingerprint density at radius 3 is 2.47 bits per heavy atom. The molecule has 1 aromatic heterocycles. The molecular formula is C14H15ClN2O2. The number of halogens is 1. The van der Waals surface area contributed by atoms with Crippen LogP contribution in [0, 0.1) is 6.92 Å². The van der Waals surface area contributed by atoms with Crippen molar-refractivity contribution in [1.29, 1.82) is 0 Å². The molecule has 2 aromatic rings. The molecule has 100 valence electrons. The van der Waals surface area contributed by atoms with Crippen LogP contribution in [0.4, 0.5) is 0 Å². The van der Waals surface area contributed by atoms with Crippen molar-refractivity contribution in [3.63, 3.8) is 0 Å². The molecule has 5 heteroatoms. The highest BCUT2D eigenvalue weighted by atomic mass is 35.5. The maximum Gasteiger partial charge on any atom is 0.330 e. The maximum atomic E-state index is 12.2. The number of rotatable bonds is 3. The molecule has 1 aromatic carbocycles. The number of nitrogens with one attached hydrogen (secondary N) is 1. The van der Waals surface area contributed by atoms with E-state index in [4.69, 9.17) is 11.6 Å². The average Bonchev–Trinajstić information content (AvgIpc) is 2.42. The van der Waals surface area contributed by atoms with Crippen LogP contribution in [-0.4, -0.2) is 9.55 Å². The van der Waals surface area contributed by atoms with Crippen LogP contribution in [0.1, 0.15) is 30.5 Å². The SMILES string of the molecule is CCC(c1ccccc1)n1c(=O)[nH]c(Cl)c(C)c1=O. The highest BCUT2D eigenvalue weighted by Crippen LogP contribution is 2.19. The minimum atomic E-state index is -0.476. The second kappa shape index (κ2) is 5.45. The largest absolute Gasteiger partial charge is 0.330 e. The van der Waals surface area contributed by atoms with Crippen LogP contribution in [0.5, 0.6) is 0 Å². The van der Waals surface area contributed by atoms with E-state index in [2.05, 4.69) is 4.98 Å². The van der Waals surface area contributed by atoms with Crippen LogP contribution in [0.15, 0.2) is 39.9 Å². The normalized spacial score (nSPS) is 12.4. The molecule has 1 atom stereocenters. The first-order valence-corrected chi connectivity index (χ1v) is 6.50. The van der Waals surface area contributed by atoms with E-state index in [1.165, 1.54) is 4.57 Å². The van der Waals surface area contributed by atoms with Crippen LogP contribution in [0.2, 0.25) is 5.15 Å². The third-order valence-electron chi connectivity index (χ3n) is 3.19. The molecule has 0 bridgehead atoms. The topological polar surface area (TPSA) is 54.9 Å². The lowest BCUT2D eigenvalue weighted by atomic mass is 10.0. The summed E-state index contributed by atoms with van der Waals surface area (Å²) in [5.41, 5.74) is 0.468. The predicted octanol–water partition coefficient (Wildman–Crippen LogP) is 2.50. The minimum Gasteiger partial charge on any atom is -0.297 e. The quantitative estimate of drug-likeness (QED) is 0.877. The van der Waals surface area contributed by atoms with Crippen LogP contribution in [0.3, 0.4) is 0 Å². The number of aromatic amines is 1. The predicted molar refractivity (Wildman–Crippen MR) is 75.9 cm³/mol. The van der Waals surface area contributed by atoms with Crippen LogP contribution in [-0.2, 0) is 0 Å². The van der Waals surface area contributed by atoms with Gasteiger partial charge in [0.15, 0.2) is 0 Å². The van der Waals surface area contributed by atoms with E-state index in [1.807, 2.05) is 37.3 Å². The first-order valence-electron chi connectivity index (χ1n) is 6.12. The van der Waals surface area contributed by atoms with Gasteiger partial charge in [0.2, 0.25) is 0 Å². The summed E-state index contributed by atoms with van der Waals surface area (Å²) in [5.74, 6) is 0. The Morgan fingerprint density at radius 1 is 1.26 bits per heavy atom. The van der Waals surface area contributed by atoms with E-state index in [1.54, 1.807) is 6.92 Å². The molecule has 0 aliphatic rings. The fraction of sp³-hybridized carbons (Fsp3) is 0.286. The molecule has 0 fully saturated rings. The van der Waals surface area contributed by atoms with Gasteiger partial charge in [-0.25, -0.2) is 4.79 Å². The average molecular weight is 279 g/mol. The molecule has 1 unspecified atom stereocenters. The van der Waals surface area contributed by atoms with Gasteiger partial charge in [0.1, 0.15) is 5.15 Å². The summed E-state index contributed by atoms with van der Waals surface area (Å²) in [6.07, 6.45) is 0.647. The second-order valence-corrected chi connectivity index (χ2v) is 4.76. The maximum absolute atomic E-state index is 12.2. The zero-order valence-corrected chi connectivity index (χ0v) is 11.6. The number of benzene rings is 1. The smallest absolute Gasteiger partial charge is 0.297 e. The molecule has 4 nitrogen and oxygen atoms in total. The highest BCUT2D eigenvalue weighted by Gasteiger charge is 2.18. The molecule has 0 spiro atoms. The number of H-pyrrole nitrogens is 1. The molecule has 2 rings (SSSR count). The summed E-state index contributed by atoms with van der Waals surface area (Å²) in [4.78, 5) is 26.8. The Balaban J connectivity index is 2.67. The van der Waals surface area contributed by atoms with E-state index in [0.717, 1.165) is 5.56 Å². The molecule has 1 N–H and O–H groups in total. The van der Waals surface area contributed by atoms with Crippen molar-refractivity contribution in [3.8, 4) is 0 Å². The standard InChI is InChI=1S/C14H15ClN2O2/c1-3-11(10-7-5-4-6-8-10)17-13(18)9(2)12(15)16-14(17)19/h4-8,11H,3H2,1-2H3,(H,16,19). The van der Waals surface area contributed by atoms with Crippen molar-refractivity contribution in [2.45, 2.75) is 26.3 Å². The van der Waals surface area contributed by atoms with Gasteiger partial charge in [0.05, 0.1) is 6.04 Å². The molecule has 0 amide bonds. The third-order valence-corrected chi connectivity index (χ3v) is 3.56. The van der Waals surface area contributed by atoms with E-state index in [0.29, 0.717) is 12.0 Å². The molecule has 1 heterocycles. The summed E-state index contributed by atoms with van der Waals surface area (Å²) in [7, 11) is 0. The fourth-order valence-corrected chi connectivity index (χ4v) is 2.30. The van der Waals surface area contributed by atoms with Gasteiger partial charge >= 0.3 is 5.69 Å². The van der Waals surface area contributed by atoms with Crippen molar-refractivity contribution >= 4 is 11.6 Å². The Hall–Kier alpha value is -1.81. The zero-order valence-electron chi connectivity index (χ0n) is 10.8. The Labute approximate surface area is 115 Å². The van der Waals surface area contributed by atoms with E-state index < -0.39 is 5.69 Å². The summed E-state index contributed by atoms with van der Waals surface area (Å²) in [6.45, 7) is 3.54. The lowest BCUT2D eigenvalue weighted by Crippen LogP contribution is -2.39. The molecule has 0 aliphatic heterocycles. The van der Waals surface area contributed by atoms with Crippen molar-refractivity contribution in [2.75, 3.05) is 0 Å². The van der Waals surface area contributed by atoms with Crippen molar-refractivity contribution in [2.24, 2.45) is 0 Å². The van der Waals surface area contributed by atoms with E-state index in [-0.39, 0.29) is 16.8 Å². The second-order valence-electron chi connectivity index (χ2n) is 4.38. The van der Waals surface area contributed by atoms with Crippen molar-refractivity contribution < 1.29 is 0 Å². The van der Waals surface area contributed by atoms with E-state index in [9.17, 15) is 9.59 Å². The zero-order chi connectivity index (χ0) is 14.0. The van der Waals surface area contributed by atoms with Gasteiger partial charge in [-0.1, -0.05) is 48.9 Å². The number of hydrogen-bond acceptors (Lipinski definition) is 2. The van der Waals surface area contributed by atoms with Crippen LogP contribution < -0.4 is 11.2 Å². The number of nitrogens with zero attached hydrogens (tertiary/aromatic N) is 1. The number of aromatic nitrogens is 2. The monoisotopic (exact) mass is 278 g/mol. The molecule has 0 saturated carbocycles. The summed E-state index contributed by atoms with van der Waals surface area (Å²) >= 11 is 5.82. The highest BCUT2D eigenvalue weighted by molar-refractivity contribution is 6.30. The summed E-state index contributed by atoms with van der Waals surface area (Å²) in [5, 5.41) is 0.106. The Bertz CT molecular complexity index is 689. The molecule has 0 aliphatic carbocycles. The molecule has 0 radical (unpaired) electrons. The van der Waals surface area contributed by atoms with E-state index >= 15 is 0 Å². The minimum absolute atomic E-state index is 0.106. The first-order chi connectivity index (χ1) is 9.06. The van der Waals surface area contributed by atoms with Crippen LogP contribution in [0.25, 0.3) is 0 Å². The van der Waals surface area contributed by atoms with Crippen LogP contribution >= 0.6 is 11.6 Å². The van der Waals surface area contributed by atoms with Crippen molar-refractivity contribution in [1.82, 2.24) is 9.55 Å².